The van der Waals surface area contributed by atoms with Gasteiger partial charge < -0.3 is 14.8 Å². The molecule has 1 N–H and O–H groups in total. The second-order valence-electron chi connectivity index (χ2n) is 7.49. The fraction of sp³-hybridized carbons (Fsp3) is 0.435. The van der Waals surface area contributed by atoms with Crippen molar-refractivity contribution in [2.24, 2.45) is 0 Å². The van der Waals surface area contributed by atoms with Crippen molar-refractivity contribution in [3.63, 3.8) is 0 Å². The molecular weight excluding hydrogens is 416 g/mol. The van der Waals surface area contributed by atoms with E-state index in [4.69, 9.17) is 9.47 Å². The van der Waals surface area contributed by atoms with E-state index in [1.807, 2.05) is 6.92 Å². The molecule has 8 heteroatoms. The predicted octanol–water partition coefficient (Wildman–Crippen LogP) is 4.06. The van der Waals surface area contributed by atoms with Crippen LogP contribution in [0.15, 0.2) is 53.4 Å². The van der Waals surface area contributed by atoms with E-state index in [9.17, 15) is 13.2 Å². The first-order valence-electron chi connectivity index (χ1n) is 10.6. The van der Waals surface area contributed by atoms with Crippen LogP contribution >= 0.6 is 0 Å². The van der Waals surface area contributed by atoms with Gasteiger partial charge in [0.2, 0.25) is 15.9 Å². The van der Waals surface area contributed by atoms with Gasteiger partial charge in [0.1, 0.15) is 11.5 Å². The number of amides is 1. The summed E-state index contributed by atoms with van der Waals surface area (Å²) in [7, 11) is -2.33. The number of nitrogens with zero attached hydrogens (tertiary/aromatic N) is 1. The summed E-state index contributed by atoms with van der Waals surface area (Å²) in [5.74, 6) is 0.735. The van der Waals surface area contributed by atoms with Gasteiger partial charge in [0.15, 0.2) is 0 Å². The first-order valence-corrected chi connectivity index (χ1v) is 12.1. The Labute approximate surface area is 184 Å². The molecule has 168 valence electrons. The largest absolute Gasteiger partial charge is 0.495 e. The molecule has 3 rings (SSSR count). The zero-order chi connectivity index (χ0) is 22.3. The number of hydrogen-bond donors (Lipinski definition) is 1. The number of sulfonamides is 1. The zero-order valence-electron chi connectivity index (χ0n) is 18.0. The van der Waals surface area contributed by atoms with Gasteiger partial charge >= 0.3 is 0 Å². The molecule has 1 saturated carbocycles. The van der Waals surface area contributed by atoms with Gasteiger partial charge in [-0.1, -0.05) is 31.4 Å². The summed E-state index contributed by atoms with van der Waals surface area (Å²) in [6.07, 6.45) is 4.49. The van der Waals surface area contributed by atoms with Gasteiger partial charge in [-0.15, -0.1) is 0 Å². The van der Waals surface area contributed by atoms with Crippen LogP contribution in [-0.4, -0.2) is 44.9 Å². The number of carbonyl (C=O) groups excluding carboxylic acids is 1. The first kappa shape index (κ1) is 23.1. The highest BCUT2D eigenvalue weighted by Crippen LogP contribution is 2.29. The van der Waals surface area contributed by atoms with Crippen LogP contribution in [0.1, 0.15) is 39.0 Å². The van der Waals surface area contributed by atoms with E-state index in [0.29, 0.717) is 23.8 Å². The molecule has 31 heavy (non-hydrogen) atoms. The normalized spacial score (nSPS) is 14.9. The number of nitrogens with one attached hydrogen (secondary N) is 1. The average molecular weight is 447 g/mol. The predicted molar refractivity (Wildman–Crippen MR) is 120 cm³/mol. The third kappa shape index (κ3) is 5.77. The molecule has 1 fully saturated rings. The summed E-state index contributed by atoms with van der Waals surface area (Å²) in [5, 5.41) is 2.79. The minimum absolute atomic E-state index is 0.159. The number of hydrogen-bond acceptors (Lipinski definition) is 5. The smallest absolute Gasteiger partial charge is 0.243 e. The SMILES string of the molecule is CCOc1ccc(S(=O)(=O)N(CC(=O)Nc2ccccc2OC)C2CCCCC2)cc1. The van der Waals surface area contributed by atoms with E-state index < -0.39 is 15.9 Å². The van der Waals surface area contributed by atoms with Gasteiger partial charge in [0.25, 0.3) is 0 Å². The number of ether oxygens (including phenoxy) is 2. The quantitative estimate of drug-likeness (QED) is 0.628. The van der Waals surface area contributed by atoms with E-state index in [1.54, 1.807) is 36.4 Å². The lowest BCUT2D eigenvalue weighted by Gasteiger charge is -2.33. The van der Waals surface area contributed by atoms with Crippen molar-refractivity contribution in [3.8, 4) is 11.5 Å². The van der Waals surface area contributed by atoms with Crippen LogP contribution in [0, 0.1) is 0 Å². The second kappa shape index (κ2) is 10.6. The van der Waals surface area contributed by atoms with Crippen molar-refractivity contribution < 1.29 is 22.7 Å². The number of rotatable bonds is 9. The maximum absolute atomic E-state index is 13.5. The molecule has 1 aliphatic rings. The highest BCUT2D eigenvalue weighted by molar-refractivity contribution is 7.89. The van der Waals surface area contributed by atoms with Crippen LogP contribution in [-0.2, 0) is 14.8 Å². The van der Waals surface area contributed by atoms with E-state index in [2.05, 4.69) is 5.32 Å². The lowest BCUT2D eigenvalue weighted by atomic mass is 9.95. The maximum atomic E-state index is 13.5. The molecule has 0 atom stereocenters. The van der Waals surface area contributed by atoms with Crippen molar-refractivity contribution in [1.82, 2.24) is 4.31 Å². The second-order valence-corrected chi connectivity index (χ2v) is 9.39. The van der Waals surface area contributed by atoms with Crippen LogP contribution in [0.2, 0.25) is 0 Å². The Balaban J connectivity index is 1.84. The van der Waals surface area contributed by atoms with Gasteiger partial charge in [-0.3, -0.25) is 4.79 Å². The van der Waals surface area contributed by atoms with Crippen LogP contribution in [0.3, 0.4) is 0 Å². The van der Waals surface area contributed by atoms with Crippen LogP contribution < -0.4 is 14.8 Å². The summed E-state index contributed by atoms with van der Waals surface area (Å²) in [6.45, 7) is 2.12. The summed E-state index contributed by atoms with van der Waals surface area (Å²) < 4.78 is 39.0. The minimum atomic E-state index is -3.85. The molecule has 0 heterocycles. The highest BCUT2D eigenvalue weighted by Gasteiger charge is 2.34. The standard InChI is InChI=1S/C23H30N2O5S/c1-3-30-19-13-15-20(16-14-19)31(27,28)25(18-9-5-4-6-10-18)17-23(26)24-21-11-7-8-12-22(21)29-2/h7-8,11-16,18H,3-6,9-10,17H2,1-2H3,(H,24,26). The van der Waals surface area contributed by atoms with E-state index in [-0.39, 0.29) is 17.5 Å². The molecular formula is C23H30N2O5S. The lowest BCUT2D eigenvalue weighted by molar-refractivity contribution is -0.116. The van der Waals surface area contributed by atoms with E-state index in [0.717, 1.165) is 32.1 Å². The Morgan fingerprint density at radius 2 is 1.74 bits per heavy atom. The third-order valence-corrected chi connectivity index (χ3v) is 7.32. The van der Waals surface area contributed by atoms with E-state index >= 15 is 0 Å². The molecule has 0 radical (unpaired) electrons. The zero-order valence-corrected chi connectivity index (χ0v) is 18.9. The molecule has 7 nitrogen and oxygen atoms in total. The third-order valence-electron chi connectivity index (χ3n) is 5.40. The van der Waals surface area contributed by atoms with E-state index in [1.165, 1.54) is 23.5 Å². The van der Waals surface area contributed by atoms with Gasteiger partial charge in [-0.2, -0.15) is 4.31 Å². The number of anilines is 1. The molecule has 0 saturated heterocycles. The molecule has 0 aromatic heterocycles. The van der Waals surface area contributed by atoms with Crippen molar-refractivity contribution in [2.75, 3.05) is 25.6 Å². The Hall–Kier alpha value is -2.58. The highest BCUT2D eigenvalue weighted by atomic mass is 32.2. The van der Waals surface area contributed by atoms with Crippen molar-refractivity contribution in [1.29, 1.82) is 0 Å². The van der Waals surface area contributed by atoms with Gasteiger partial charge in [-0.05, 0) is 56.2 Å². The number of carbonyl (C=O) groups is 1. The Morgan fingerprint density at radius 1 is 1.06 bits per heavy atom. The lowest BCUT2D eigenvalue weighted by Crippen LogP contribution is -2.45. The minimum Gasteiger partial charge on any atom is -0.495 e. The summed E-state index contributed by atoms with van der Waals surface area (Å²) in [5.41, 5.74) is 0.511. The molecule has 2 aromatic rings. The summed E-state index contributed by atoms with van der Waals surface area (Å²) in [6, 6.07) is 13.2. The van der Waals surface area contributed by atoms with Gasteiger partial charge in [-0.25, -0.2) is 8.42 Å². The Kier molecular flexibility index (Phi) is 7.92. The summed E-state index contributed by atoms with van der Waals surface area (Å²) in [4.78, 5) is 13.0. The number of methoxy groups -OCH3 is 1. The fourth-order valence-electron chi connectivity index (χ4n) is 3.87. The number of para-hydroxylation sites is 2. The molecule has 0 bridgehead atoms. The molecule has 0 spiro atoms. The van der Waals surface area contributed by atoms with Gasteiger partial charge in [0.05, 0.1) is 30.8 Å². The summed E-state index contributed by atoms with van der Waals surface area (Å²) >= 11 is 0. The average Bonchev–Trinajstić information content (AvgIpc) is 2.79. The Bertz CT molecular complexity index is 970. The molecule has 0 unspecified atom stereocenters. The van der Waals surface area contributed by atoms with Gasteiger partial charge in [0, 0.05) is 6.04 Å². The van der Waals surface area contributed by atoms with Crippen molar-refractivity contribution in [2.45, 2.75) is 50.0 Å². The molecule has 1 aliphatic carbocycles. The van der Waals surface area contributed by atoms with Crippen LogP contribution in [0.25, 0.3) is 0 Å². The van der Waals surface area contributed by atoms with Crippen LogP contribution in [0.5, 0.6) is 11.5 Å². The topological polar surface area (TPSA) is 84.9 Å². The number of benzene rings is 2. The molecule has 1 amide bonds. The molecule has 0 aliphatic heterocycles. The molecule has 2 aromatic carbocycles. The maximum Gasteiger partial charge on any atom is 0.243 e. The van der Waals surface area contributed by atoms with Crippen molar-refractivity contribution in [3.05, 3.63) is 48.5 Å². The van der Waals surface area contributed by atoms with Crippen LogP contribution in [0.4, 0.5) is 5.69 Å². The fourth-order valence-corrected chi connectivity index (χ4v) is 5.51. The van der Waals surface area contributed by atoms with Crippen molar-refractivity contribution >= 4 is 21.6 Å². The first-order chi connectivity index (χ1) is 15.0. The monoisotopic (exact) mass is 446 g/mol. The Morgan fingerprint density at radius 3 is 2.39 bits per heavy atom.